The van der Waals surface area contributed by atoms with Gasteiger partial charge >= 0.3 is 11.9 Å². The van der Waals surface area contributed by atoms with Crippen LogP contribution in [-0.2, 0) is 28.7 Å². The van der Waals surface area contributed by atoms with Crippen molar-refractivity contribution in [2.24, 2.45) is 0 Å². The molecule has 68 valence electrons. The van der Waals surface area contributed by atoms with Crippen LogP contribution in [0.1, 0.15) is 12.8 Å². The first-order valence-corrected chi connectivity index (χ1v) is 3.55. The molecule has 1 aliphatic carbocycles. The lowest BCUT2D eigenvalue weighted by Gasteiger charge is -2.15. The van der Waals surface area contributed by atoms with Crippen molar-refractivity contribution in [1.29, 1.82) is 0 Å². The Morgan fingerprint density at radius 1 is 0.846 bits per heavy atom. The Morgan fingerprint density at radius 2 is 1.23 bits per heavy atom. The van der Waals surface area contributed by atoms with Gasteiger partial charge in [0.1, 0.15) is 0 Å². The van der Waals surface area contributed by atoms with Crippen LogP contribution < -0.4 is 0 Å². The van der Waals surface area contributed by atoms with Crippen molar-refractivity contribution in [2.45, 2.75) is 18.6 Å². The molecule has 0 radical (unpaired) electrons. The van der Waals surface area contributed by atoms with Gasteiger partial charge in [0.25, 0.3) is 5.79 Å². The zero-order valence-corrected chi connectivity index (χ0v) is 6.36. The lowest BCUT2D eigenvalue weighted by molar-refractivity contribution is -0.175. The van der Waals surface area contributed by atoms with E-state index in [1.165, 1.54) is 0 Å². The molecule has 1 heterocycles. The summed E-state index contributed by atoms with van der Waals surface area (Å²) in [5.41, 5.74) is 0. The van der Waals surface area contributed by atoms with Gasteiger partial charge in [0.05, 0.1) is 12.8 Å². The highest BCUT2D eigenvalue weighted by molar-refractivity contribution is 6.40. The van der Waals surface area contributed by atoms with Gasteiger partial charge in [0, 0.05) is 0 Å². The minimum atomic E-state index is -1.62. The first-order valence-electron chi connectivity index (χ1n) is 3.55. The summed E-state index contributed by atoms with van der Waals surface area (Å²) in [5, 5.41) is 0. The van der Waals surface area contributed by atoms with Crippen LogP contribution in [0.5, 0.6) is 0 Å². The molecule has 6 heteroatoms. The van der Waals surface area contributed by atoms with Crippen LogP contribution in [0.3, 0.4) is 0 Å². The maximum Gasteiger partial charge on any atom is 0.420 e. The second-order valence-corrected chi connectivity index (χ2v) is 2.89. The zero-order chi connectivity index (χ0) is 9.64. The van der Waals surface area contributed by atoms with Gasteiger partial charge in [-0.05, 0) is 0 Å². The van der Waals surface area contributed by atoms with Crippen molar-refractivity contribution < 1.29 is 28.7 Å². The van der Waals surface area contributed by atoms with Crippen molar-refractivity contribution >= 4 is 23.5 Å². The molecule has 0 unspecified atom stereocenters. The minimum absolute atomic E-state index is 0.358. The molecule has 0 N–H and O–H groups in total. The Balaban J connectivity index is 2.27. The first kappa shape index (κ1) is 7.90. The molecule has 6 nitrogen and oxygen atoms in total. The lowest BCUT2D eigenvalue weighted by Crippen LogP contribution is -2.27. The van der Waals surface area contributed by atoms with Gasteiger partial charge in [-0.15, -0.1) is 0 Å². The highest BCUT2D eigenvalue weighted by Gasteiger charge is 2.56. The molecule has 0 bridgehead atoms. The van der Waals surface area contributed by atoms with E-state index >= 15 is 0 Å². The van der Waals surface area contributed by atoms with Crippen molar-refractivity contribution in [2.75, 3.05) is 0 Å². The summed E-state index contributed by atoms with van der Waals surface area (Å²) in [6.45, 7) is 0. The maximum absolute atomic E-state index is 10.8. The minimum Gasteiger partial charge on any atom is -0.413 e. The molecular formula is C7H4O6. The molecule has 0 amide bonds. The fourth-order valence-corrected chi connectivity index (χ4v) is 1.34. The van der Waals surface area contributed by atoms with E-state index in [4.69, 9.17) is 0 Å². The summed E-state index contributed by atoms with van der Waals surface area (Å²) in [6.07, 6.45) is -0.716. The van der Waals surface area contributed by atoms with Crippen molar-refractivity contribution in [3.05, 3.63) is 0 Å². The molecule has 1 spiro atoms. The topological polar surface area (TPSA) is 86.7 Å². The van der Waals surface area contributed by atoms with Gasteiger partial charge in [0.2, 0.25) is 11.6 Å². The maximum atomic E-state index is 10.8. The lowest BCUT2D eigenvalue weighted by atomic mass is 10.2. The molecule has 2 aliphatic rings. The Labute approximate surface area is 71.8 Å². The summed E-state index contributed by atoms with van der Waals surface area (Å²) in [4.78, 5) is 42.9. The predicted molar refractivity (Wildman–Crippen MR) is 34.2 cm³/mol. The highest BCUT2D eigenvalue weighted by atomic mass is 16.8. The number of esters is 2. The molecule has 0 aromatic carbocycles. The van der Waals surface area contributed by atoms with E-state index in [2.05, 4.69) is 9.47 Å². The normalized spacial score (nSPS) is 25.2. The fourth-order valence-electron chi connectivity index (χ4n) is 1.34. The van der Waals surface area contributed by atoms with E-state index in [1.807, 2.05) is 0 Å². The number of ether oxygens (including phenoxy) is 2. The van der Waals surface area contributed by atoms with Crippen LogP contribution >= 0.6 is 0 Å². The average molecular weight is 184 g/mol. The third-order valence-electron chi connectivity index (χ3n) is 1.89. The highest BCUT2D eigenvalue weighted by Crippen LogP contribution is 2.34. The number of carbonyl (C=O) groups excluding carboxylic acids is 4. The smallest absolute Gasteiger partial charge is 0.413 e. The third kappa shape index (κ3) is 1.02. The van der Waals surface area contributed by atoms with Gasteiger partial charge in [-0.3, -0.25) is 9.59 Å². The van der Waals surface area contributed by atoms with E-state index in [1.54, 1.807) is 0 Å². The Bertz CT molecular complexity index is 271. The van der Waals surface area contributed by atoms with Crippen LogP contribution in [0.15, 0.2) is 0 Å². The van der Waals surface area contributed by atoms with E-state index in [-0.39, 0.29) is 12.8 Å². The number of ketones is 2. The van der Waals surface area contributed by atoms with Gasteiger partial charge in [-0.2, -0.15) is 0 Å². The average Bonchev–Trinajstić information content (AvgIpc) is 2.39. The monoisotopic (exact) mass is 184 g/mol. The number of hydrogen-bond donors (Lipinski definition) is 0. The number of rotatable bonds is 0. The van der Waals surface area contributed by atoms with Crippen molar-refractivity contribution in [1.82, 2.24) is 0 Å². The zero-order valence-electron chi connectivity index (χ0n) is 6.36. The van der Waals surface area contributed by atoms with Crippen LogP contribution in [0, 0.1) is 0 Å². The molecule has 0 atom stereocenters. The van der Waals surface area contributed by atoms with E-state index in [0.29, 0.717) is 0 Å². The Morgan fingerprint density at radius 3 is 1.62 bits per heavy atom. The van der Waals surface area contributed by atoms with Crippen molar-refractivity contribution in [3.63, 3.8) is 0 Å². The summed E-state index contributed by atoms with van der Waals surface area (Å²) >= 11 is 0. The summed E-state index contributed by atoms with van der Waals surface area (Å²) in [7, 11) is 0. The van der Waals surface area contributed by atoms with Crippen molar-refractivity contribution in [3.8, 4) is 0 Å². The van der Waals surface area contributed by atoms with Crippen LogP contribution in [0.4, 0.5) is 0 Å². The predicted octanol–water partition coefficient (Wildman–Crippen LogP) is -1.29. The van der Waals surface area contributed by atoms with E-state index in [9.17, 15) is 19.2 Å². The van der Waals surface area contributed by atoms with Crippen LogP contribution in [0.2, 0.25) is 0 Å². The molecule has 1 saturated carbocycles. The van der Waals surface area contributed by atoms with Gasteiger partial charge in [0.15, 0.2) is 0 Å². The SMILES string of the molecule is O=C1CC2(CC1=O)OC(=O)C(=O)O2. The summed E-state index contributed by atoms with van der Waals surface area (Å²) in [6, 6.07) is 0. The number of hydrogen-bond acceptors (Lipinski definition) is 6. The van der Waals surface area contributed by atoms with Crippen LogP contribution in [-0.4, -0.2) is 29.3 Å². The van der Waals surface area contributed by atoms with Crippen LogP contribution in [0.25, 0.3) is 0 Å². The second-order valence-electron chi connectivity index (χ2n) is 2.89. The molecule has 2 rings (SSSR count). The molecule has 0 aromatic rings. The van der Waals surface area contributed by atoms with Gasteiger partial charge in [-0.1, -0.05) is 0 Å². The van der Waals surface area contributed by atoms with E-state index in [0.717, 1.165) is 0 Å². The molecule has 1 aliphatic heterocycles. The summed E-state index contributed by atoms with van der Waals surface area (Å²) in [5.74, 6) is -5.28. The quantitative estimate of drug-likeness (QED) is 0.344. The second kappa shape index (κ2) is 2.15. The molecule has 2 fully saturated rings. The molecule has 0 aromatic heterocycles. The van der Waals surface area contributed by atoms with E-state index < -0.39 is 29.3 Å². The third-order valence-corrected chi connectivity index (χ3v) is 1.89. The molecular weight excluding hydrogens is 180 g/mol. The Kier molecular flexibility index (Phi) is 1.31. The molecule has 13 heavy (non-hydrogen) atoms. The first-order chi connectivity index (χ1) is 6.02. The number of carbonyl (C=O) groups is 4. The Hall–Kier alpha value is -1.72. The number of Topliss-reactive ketones (excluding diaryl/α,β-unsaturated/α-hetero) is 2. The largest absolute Gasteiger partial charge is 0.420 e. The summed E-state index contributed by atoms with van der Waals surface area (Å²) < 4.78 is 9.02. The fraction of sp³-hybridized carbons (Fsp3) is 0.429. The van der Waals surface area contributed by atoms with Gasteiger partial charge in [-0.25, -0.2) is 9.59 Å². The van der Waals surface area contributed by atoms with Gasteiger partial charge < -0.3 is 9.47 Å². The standard InChI is InChI=1S/C7H4O6/c8-3-1-7(2-4(3)9)12-5(10)6(11)13-7/h1-2H2. The molecule has 1 saturated heterocycles.